The molecule has 0 aliphatic carbocycles. The maximum absolute atomic E-state index is 4.68. The lowest BCUT2D eigenvalue weighted by atomic mass is 10.1. The van der Waals surface area contributed by atoms with E-state index >= 15 is 0 Å². The van der Waals surface area contributed by atoms with Crippen LogP contribution in [-0.4, -0.2) is 35.6 Å². The average Bonchev–Trinajstić information content (AvgIpc) is 2.33. The molecule has 1 aliphatic rings. The lowest BCUT2D eigenvalue weighted by Crippen LogP contribution is -2.57. The van der Waals surface area contributed by atoms with Gasteiger partial charge in [0.05, 0.1) is 23.3 Å². The standard InChI is InChI=1S/C13H16N4/c1-2-17(10-7-14-8-10)13-9-15-11-5-3-4-6-12(11)16-13/h3-6,9-10,14H,2,7-8H2,1H3. The third-order valence-corrected chi connectivity index (χ3v) is 3.27. The molecule has 88 valence electrons. The maximum Gasteiger partial charge on any atom is 0.148 e. The Morgan fingerprint density at radius 1 is 1.29 bits per heavy atom. The Morgan fingerprint density at radius 2 is 2.06 bits per heavy atom. The summed E-state index contributed by atoms with van der Waals surface area (Å²) in [6, 6.07) is 8.56. The molecule has 0 bridgehead atoms. The fourth-order valence-corrected chi connectivity index (χ4v) is 2.19. The largest absolute Gasteiger partial charge is 0.350 e. The molecular weight excluding hydrogens is 212 g/mol. The molecule has 2 aromatic rings. The van der Waals surface area contributed by atoms with Crippen molar-refractivity contribution in [2.75, 3.05) is 24.5 Å². The molecule has 0 saturated carbocycles. The topological polar surface area (TPSA) is 41.1 Å². The molecule has 1 N–H and O–H groups in total. The number of nitrogens with one attached hydrogen (secondary N) is 1. The summed E-state index contributed by atoms with van der Waals surface area (Å²) in [7, 11) is 0. The first-order valence-corrected chi connectivity index (χ1v) is 6.07. The van der Waals surface area contributed by atoms with Gasteiger partial charge in [-0.15, -0.1) is 0 Å². The van der Waals surface area contributed by atoms with Crippen LogP contribution in [0.25, 0.3) is 11.0 Å². The molecular formula is C13H16N4. The van der Waals surface area contributed by atoms with Gasteiger partial charge in [-0.05, 0) is 19.1 Å². The van der Waals surface area contributed by atoms with Crippen LogP contribution in [0.2, 0.25) is 0 Å². The summed E-state index contributed by atoms with van der Waals surface area (Å²) in [5.41, 5.74) is 1.93. The van der Waals surface area contributed by atoms with Crippen molar-refractivity contribution in [2.45, 2.75) is 13.0 Å². The second-order valence-electron chi connectivity index (χ2n) is 4.32. The van der Waals surface area contributed by atoms with Crippen LogP contribution in [0.15, 0.2) is 30.5 Å². The number of hydrogen-bond acceptors (Lipinski definition) is 4. The summed E-state index contributed by atoms with van der Waals surface area (Å²) < 4.78 is 0. The SMILES string of the molecule is CCN(c1cnc2ccccc2n1)C1CNC1. The highest BCUT2D eigenvalue weighted by Crippen LogP contribution is 2.18. The lowest BCUT2D eigenvalue weighted by molar-refractivity contribution is 0.415. The number of anilines is 1. The zero-order valence-electron chi connectivity index (χ0n) is 9.93. The third kappa shape index (κ3) is 1.85. The number of rotatable bonds is 3. The Morgan fingerprint density at radius 3 is 2.71 bits per heavy atom. The van der Waals surface area contributed by atoms with Gasteiger partial charge in [0, 0.05) is 19.6 Å². The zero-order valence-corrected chi connectivity index (χ0v) is 9.93. The van der Waals surface area contributed by atoms with Crippen molar-refractivity contribution >= 4 is 16.9 Å². The summed E-state index contributed by atoms with van der Waals surface area (Å²) in [5, 5.41) is 3.29. The number of nitrogens with zero attached hydrogens (tertiary/aromatic N) is 3. The highest BCUT2D eigenvalue weighted by atomic mass is 15.3. The molecule has 0 amide bonds. The highest BCUT2D eigenvalue weighted by Gasteiger charge is 2.24. The van der Waals surface area contributed by atoms with Crippen molar-refractivity contribution in [1.29, 1.82) is 0 Å². The van der Waals surface area contributed by atoms with Crippen molar-refractivity contribution in [3.63, 3.8) is 0 Å². The van der Waals surface area contributed by atoms with E-state index in [1.165, 1.54) is 0 Å². The molecule has 1 aromatic heterocycles. The summed E-state index contributed by atoms with van der Waals surface area (Å²) >= 11 is 0. The lowest BCUT2D eigenvalue weighted by Gasteiger charge is -2.38. The van der Waals surface area contributed by atoms with Crippen LogP contribution in [-0.2, 0) is 0 Å². The van der Waals surface area contributed by atoms with Crippen molar-refractivity contribution in [2.24, 2.45) is 0 Å². The molecule has 0 atom stereocenters. The summed E-state index contributed by atoms with van der Waals surface area (Å²) in [6.45, 7) is 5.22. The molecule has 0 spiro atoms. The number of para-hydroxylation sites is 2. The Balaban J connectivity index is 1.98. The molecule has 0 radical (unpaired) electrons. The summed E-state index contributed by atoms with van der Waals surface area (Å²) in [6.07, 6.45) is 1.88. The molecule has 1 fully saturated rings. The van der Waals surface area contributed by atoms with E-state index in [4.69, 9.17) is 0 Å². The van der Waals surface area contributed by atoms with E-state index in [1.807, 2.05) is 30.5 Å². The molecule has 2 heterocycles. The zero-order chi connectivity index (χ0) is 11.7. The van der Waals surface area contributed by atoms with Crippen LogP contribution in [0.4, 0.5) is 5.82 Å². The van der Waals surface area contributed by atoms with Gasteiger partial charge in [0.2, 0.25) is 0 Å². The fraction of sp³-hybridized carbons (Fsp3) is 0.385. The Bertz CT molecular complexity index is 522. The second-order valence-corrected chi connectivity index (χ2v) is 4.32. The van der Waals surface area contributed by atoms with Crippen LogP contribution in [0.3, 0.4) is 0 Å². The van der Waals surface area contributed by atoms with Crippen LogP contribution in [0.5, 0.6) is 0 Å². The van der Waals surface area contributed by atoms with Gasteiger partial charge in [0.1, 0.15) is 5.82 Å². The van der Waals surface area contributed by atoms with Gasteiger partial charge < -0.3 is 10.2 Å². The quantitative estimate of drug-likeness (QED) is 0.862. The van der Waals surface area contributed by atoms with Gasteiger partial charge in [-0.2, -0.15) is 0 Å². The van der Waals surface area contributed by atoms with Crippen LogP contribution in [0.1, 0.15) is 6.92 Å². The predicted molar refractivity (Wildman–Crippen MR) is 69.2 cm³/mol. The Labute approximate surface area is 101 Å². The first-order chi connectivity index (χ1) is 8.38. The summed E-state index contributed by atoms with van der Waals surface area (Å²) in [5.74, 6) is 0.984. The number of hydrogen-bond donors (Lipinski definition) is 1. The van der Waals surface area contributed by atoms with Gasteiger partial charge in [-0.3, -0.25) is 4.98 Å². The smallest absolute Gasteiger partial charge is 0.148 e. The highest BCUT2D eigenvalue weighted by molar-refractivity contribution is 5.75. The first-order valence-electron chi connectivity index (χ1n) is 6.07. The monoisotopic (exact) mass is 228 g/mol. The Kier molecular flexibility index (Phi) is 2.65. The van der Waals surface area contributed by atoms with E-state index in [9.17, 15) is 0 Å². The van der Waals surface area contributed by atoms with E-state index in [2.05, 4.69) is 27.1 Å². The molecule has 3 rings (SSSR count). The third-order valence-electron chi connectivity index (χ3n) is 3.27. The summed E-state index contributed by atoms with van der Waals surface area (Å²) in [4.78, 5) is 11.5. The number of likely N-dealkylation sites (N-methyl/N-ethyl adjacent to an activating group) is 1. The van der Waals surface area contributed by atoms with Crippen LogP contribution >= 0.6 is 0 Å². The van der Waals surface area contributed by atoms with E-state index in [0.29, 0.717) is 6.04 Å². The van der Waals surface area contributed by atoms with E-state index < -0.39 is 0 Å². The van der Waals surface area contributed by atoms with Crippen molar-refractivity contribution in [3.05, 3.63) is 30.5 Å². The van der Waals surface area contributed by atoms with Gasteiger partial charge in [0.25, 0.3) is 0 Å². The van der Waals surface area contributed by atoms with E-state index in [1.54, 1.807) is 0 Å². The minimum absolute atomic E-state index is 0.565. The van der Waals surface area contributed by atoms with Gasteiger partial charge in [-0.25, -0.2) is 4.98 Å². The van der Waals surface area contributed by atoms with Gasteiger partial charge in [0.15, 0.2) is 0 Å². The molecule has 4 heteroatoms. The maximum atomic E-state index is 4.68. The predicted octanol–water partition coefficient (Wildman–Crippen LogP) is 1.43. The molecule has 1 saturated heterocycles. The number of fused-ring (bicyclic) bond motifs is 1. The van der Waals surface area contributed by atoms with Crippen LogP contribution < -0.4 is 10.2 Å². The average molecular weight is 228 g/mol. The molecule has 1 aromatic carbocycles. The second kappa shape index (κ2) is 4.30. The van der Waals surface area contributed by atoms with Crippen molar-refractivity contribution < 1.29 is 0 Å². The molecule has 4 nitrogen and oxygen atoms in total. The van der Waals surface area contributed by atoms with Gasteiger partial charge in [-0.1, -0.05) is 12.1 Å². The fourth-order valence-electron chi connectivity index (χ4n) is 2.19. The van der Waals surface area contributed by atoms with E-state index in [0.717, 1.165) is 36.5 Å². The minimum atomic E-state index is 0.565. The van der Waals surface area contributed by atoms with Crippen molar-refractivity contribution in [3.8, 4) is 0 Å². The molecule has 1 aliphatic heterocycles. The first kappa shape index (κ1) is 10.5. The van der Waals surface area contributed by atoms with E-state index in [-0.39, 0.29) is 0 Å². The minimum Gasteiger partial charge on any atom is -0.350 e. The number of benzene rings is 1. The van der Waals surface area contributed by atoms with Crippen molar-refractivity contribution in [1.82, 2.24) is 15.3 Å². The normalized spacial score (nSPS) is 15.8. The Hall–Kier alpha value is -1.68. The molecule has 0 unspecified atom stereocenters. The van der Waals surface area contributed by atoms with Crippen LogP contribution in [0, 0.1) is 0 Å². The molecule has 17 heavy (non-hydrogen) atoms. The van der Waals surface area contributed by atoms with Gasteiger partial charge >= 0.3 is 0 Å². The number of aromatic nitrogens is 2.